The van der Waals surface area contributed by atoms with Crippen LogP contribution < -0.4 is 15.6 Å². The van der Waals surface area contributed by atoms with Crippen LogP contribution in [0.5, 0.6) is 5.75 Å². The second kappa shape index (κ2) is 7.01. The van der Waals surface area contributed by atoms with E-state index in [1.807, 2.05) is 5.43 Å². The first kappa shape index (κ1) is 16.6. The Morgan fingerprint density at radius 3 is 2.61 bits per heavy atom. The molecule has 0 heterocycles. The van der Waals surface area contributed by atoms with Crippen molar-refractivity contribution in [2.75, 3.05) is 12.5 Å². The summed E-state index contributed by atoms with van der Waals surface area (Å²) in [6.45, 7) is 0. The van der Waals surface area contributed by atoms with E-state index in [1.165, 1.54) is 19.2 Å². The fraction of sp³-hybridized carbons (Fsp3) is 0.133. The number of hydrogen-bond donors (Lipinski definition) is 3. The lowest BCUT2D eigenvalue weighted by Gasteiger charge is -2.14. The number of carbonyl (C=O) groups excluding carboxylic acids is 1. The molecule has 122 valence electrons. The maximum Gasteiger partial charge on any atom is 0.271 e. The van der Waals surface area contributed by atoms with Gasteiger partial charge in [-0.15, -0.1) is 0 Å². The van der Waals surface area contributed by atoms with E-state index in [0.29, 0.717) is 11.8 Å². The minimum atomic E-state index is -1.67. The van der Waals surface area contributed by atoms with Crippen LogP contribution in [0.2, 0.25) is 0 Å². The lowest BCUT2D eigenvalue weighted by atomic mass is 10.1. The second-order valence-electron chi connectivity index (χ2n) is 4.52. The van der Waals surface area contributed by atoms with Crippen LogP contribution in [0, 0.1) is 17.5 Å². The van der Waals surface area contributed by atoms with Gasteiger partial charge in [0.2, 0.25) is 0 Å². The van der Waals surface area contributed by atoms with E-state index >= 15 is 0 Å². The van der Waals surface area contributed by atoms with Gasteiger partial charge >= 0.3 is 0 Å². The largest absolute Gasteiger partial charge is 0.497 e. The van der Waals surface area contributed by atoms with Gasteiger partial charge in [0.25, 0.3) is 5.91 Å². The first-order chi connectivity index (χ1) is 10.9. The number of carbonyl (C=O) groups is 1. The molecular weight excluding hydrogens is 313 g/mol. The van der Waals surface area contributed by atoms with Crippen LogP contribution in [0.15, 0.2) is 36.4 Å². The molecule has 0 aromatic heterocycles. The standard InChI is InChI=1S/C15H13F3N2O3/c1-23-9-4-2-3-8(7-9)14(21)15(22)20-19-11-6-5-10(16)12(17)13(11)18/h2-7,14,19,21H,1H3,(H,20,22). The Kier molecular flexibility index (Phi) is 5.07. The number of hydrogen-bond acceptors (Lipinski definition) is 4. The van der Waals surface area contributed by atoms with Gasteiger partial charge < -0.3 is 9.84 Å². The zero-order chi connectivity index (χ0) is 17.0. The minimum Gasteiger partial charge on any atom is -0.497 e. The van der Waals surface area contributed by atoms with Gasteiger partial charge in [-0.3, -0.25) is 15.6 Å². The maximum absolute atomic E-state index is 13.4. The molecule has 0 saturated heterocycles. The normalized spacial score (nSPS) is 11.7. The number of benzene rings is 2. The highest BCUT2D eigenvalue weighted by Gasteiger charge is 2.19. The van der Waals surface area contributed by atoms with Gasteiger partial charge in [0.15, 0.2) is 23.6 Å². The van der Waals surface area contributed by atoms with Gasteiger partial charge in [0.1, 0.15) is 5.75 Å². The maximum atomic E-state index is 13.4. The molecule has 0 saturated carbocycles. The Balaban J connectivity index is 2.06. The molecule has 1 unspecified atom stereocenters. The molecule has 0 fully saturated rings. The third kappa shape index (κ3) is 3.72. The van der Waals surface area contributed by atoms with Gasteiger partial charge in [-0.05, 0) is 29.8 Å². The van der Waals surface area contributed by atoms with Crippen molar-refractivity contribution in [1.29, 1.82) is 0 Å². The SMILES string of the molecule is COc1cccc(C(O)C(=O)NNc2ccc(F)c(F)c2F)c1. The van der Waals surface area contributed by atoms with Crippen LogP contribution in [0.4, 0.5) is 18.9 Å². The summed E-state index contributed by atoms with van der Waals surface area (Å²) in [6.07, 6.45) is -1.56. The number of halogens is 3. The molecule has 5 nitrogen and oxygen atoms in total. The molecule has 0 aliphatic heterocycles. The molecular formula is C15H13F3N2O3. The first-order valence-corrected chi connectivity index (χ1v) is 6.45. The van der Waals surface area contributed by atoms with Gasteiger partial charge in [0, 0.05) is 0 Å². The Morgan fingerprint density at radius 2 is 1.91 bits per heavy atom. The topological polar surface area (TPSA) is 70.6 Å². The Hall–Kier alpha value is -2.74. The van der Waals surface area contributed by atoms with Crippen molar-refractivity contribution in [1.82, 2.24) is 5.43 Å². The quantitative estimate of drug-likeness (QED) is 0.582. The average Bonchev–Trinajstić information content (AvgIpc) is 2.58. The summed E-state index contributed by atoms with van der Waals surface area (Å²) in [5, 5.41) is 9.92. The van der Waals surface area contributed by atoms with Gasteiger partial charge in [-0.1, -0.05) is 12.1 Å². The van der Waals surface area contributed by atoms with Crippen molar-refractivity contribution >= 4 is 11.6 Å². The molecule has 0 radical (unpaired) electrons. The minimum absolute atomic E-state index is 0.245. The van der Waals surface area contributed by atoms with E-state index in [0.717, 1.165) is 6.07 Å². The highest BCUT2D eigenvalue weighted by atomic mass is 19.2. The van der Waals surface area contributed by atoms with Crippen molar-refractivity contribution in [2.45, 2.75) is 6.10 Å². The molecule has 0 spiro atoms. The van der Waals surface area contributed by atoms with E-state index in [-0.39, 0.29) is 5.56 Å². The molecule has 1 amide bonds. The summed E-state index contributed by atoms with van der Waals surface area (Å²) >= 11 is 0. The Labute approximate surface area is 129 Å². The first-order valence-electron chi connectivity index (χ1n) is 6.45. The molecule has 0 aliphatic rings. The number of rotatable bonds is 5. The lowest BCUT2D eigenvalue weighted by Crippen LogP contribution is -2.34. The fourth-order valence-corrected chi connectivity index (χ4v) is 1.78. The van der Waals surface area contributed by atoms with Crippen molar-refractivity contribution in [3.8, 4) is 5.75 Å². The molecule has 2 rings (SSSR count). The van der Waals surface area contributed by atoms with Crippen molar-refractivity contribution < 1.29 is 27.8 Å². The van der Waals surface area contributed by atoms with Gasteiger partial charge in [-0.2, -0.15) is 0 Å². The summed E-state index contributed by atoms with van der Waals surface area (Å²) in [7, 11) is 1.43. The van der Waals surface area contributed by atoms with Crippen molar-refractivity contribution in [3.63, 3.8) is 0 Å². The number of aliphatic hydroxyl groups excluding tert-OH is 1. The van der Waals surface area contributed by atoms with Crippen LogP contribution in [0.25, 0.3) is 0 Å². The summed E-state index contributed by atoms with van der Waals surface area (Å²) in [5.74, 6) is -4.98. The van der Waals surface area contributed by atoms with E-state index in [1.54, 1.807) is 12.1 Å². The molecule has 23 heavy (non-hydrogen) atoms. The highest BCUT2D eigenvalue weighted by Crippen LogP contribution is 2.21. The van der Waals surface area contributed by atoms with Crippen molar-refractivity contribution in [2.24, 2.45) is 0 Å². The van der Waals surface area contributed by atoms with Crippen LogP contribution in [-0.4, -0.2) is 18.1 Å². The van der Waals surface area contributed by atoms with Crippen LogP contribution in [-0.2, 0) is 4.79 Å². The average molecular weight is 326 g/mol. The fourth-order valence-electron chi connectivity index (χ4n) is 1.78. The summed E-state index contributed by atoms with van der Waals surface area (Å²) < 4.78 is 44.3. The van der Waals surface area contributed by atoms with E-state index in [2.05, 4.69) is 5.43 Å². The van der Waals surface area contributed by atoms with Gasteiger partial charge in [-0.25, -0.2) is 13.2 Å². The summed E-state index contributed by atoms with van der Waals surface area (Å²) in [4.78, 5) is 11.8. The third-order valence-electron chi connectivity index (χ3n) is 3.01. The predicted octanol–water partition coefficient (Wildman–Crippen LogP) is 2.29. The van der Waals surface area contributed by atoms with Crippen LogP contribution in [0.1, 0.15) is 11.7 Å². The Bertz CT molecular complexity index is 725. The lowest BCUT2D eigenvalue weighted by molar-refractivity contribution is -0.129. The van der Waals surface area contributed by atoms with E-state index in [9.17, 15) is 23.1 Å². The molecule has 2 aromatic carbocycles. The molecule has 3 N–H and O–H groups in total. The smallest absolute Gasteiger partial charge is 0.271 e. The number of nitrogens with one attached hydrogen (secondary N) is 2. The Morgan fingerprint density at radius 1 is 1.17 bits per heavy atom. The third-order valence-corrected chi connectivity index (χ3v) is 3.01. The molecule has 8 heteroatoms. The van der Waals surface area contributed by atoms with Crippen molar-refractivity contribution in [3.05, 3.63) is 59.4 Å². The summed E-state index contributed by atoms with van der Waals surface area (Å²) in [5.41, 5.74) is 3.87. The van der Waals surface area contributed by atoms with Gasteiger partial charge in [0.05, 0.1) is 12.8 Å². The molecule has 2 aromatic rings. The zero-order valence-electron chi connectivity index (χ0n) is 11.9. The number of ether oxygens (including phenoxy) is 1. The van der Waals surface area contributed by atoms with E-state index < -0.39 is 35.2 Å². The zero-order valence-corrected chi connectivity index (χ0v) is 11.9. The highest BCUT2D eigenvalue weighted by molar-refractivity contribution is 5.83. The van der Waals surface area contributed by atoms with Crippen LogP contribution >= 0.6 is 0 Å². The molecule has 0 aliphatic carbocycles. The monoisotopic (exact) mass is 326 g/mol. The number of hydrazine groups is 1. The van der Waals surface area contributed by atoms with Crippen LogP contribution in [0.3, 0.4) is 0 Å². The number of anilines is 1. The number of methoxy groups -OCH3 is 1. The second-order valence-corrected chi connectivity index (χ2v) is 4.52. The molecule has 0 bridgehead atoms. The predicted molar refractivity (Wildman–Crippen MR) is 76.0 cm³/mol. The van der Waals surface area contributed by atoms with E-state index in [4.69, 9.17) is 4.74 Å². The number of aliphatic hydroxyl groups is 1. The molecule has 1 atom stereocenters. The summed E-state index contributed by atoms with van der Waals surface area (Å²) in [6, 6.07) is 7.75. The number of amides is 1.